The van der Waals surface area contributed by atoms with Gasteiger partial charge in [-0.15, -0.1) is 0 Å². The Morgan fingerprint density at radius 2 is 1.95 bits per heavy atom. The fourth-order valence-electron chi connectivity index (χ4n) is 2.55. The highest BCUT2D eigenvalue weighted by atomic mass is 32.1. The highest BCUT2D eigenvalue weighted by molar-refractivity contribution is 7.71. The van der Waals surface area contributed by atoms with Gasteiger partial charge < -0.3 is 9.30 Å². The molecule has 112 valence electrons. The van der Waals surface area contributed by atoms with Crippen molar-refractivity contribution in [1.82, 2.24) is 14.1 Å². The van der Waals surface area contributed by atoms with Crippen molar-refractivity contribution in [3.63, 3.8) is 0 Å². The largest absolute Gasteiger partial charge is 0.465 e. The Morgan fingerprint density at radius 3 is 2.59 bits per heavy atom. The number of imidazole rings is 1. The number of fused-ring (bicyclic) bond motifs is 1. The normalized spacial score (nSPS) is 10.9. The SMILES string of the molecule is COC(=O)c1cc(C)nc2c1n(C)c(=S)n2-c1ccccc1. The molecule has 0 spiro atoms. The predicted molar refractivity (Wildman–Crippen MR) is 87.0 cm³/mol. The highest BCUT2D eigenvalue weighted by Crippen LogP contribution is 2.24. The third kappa shape index (κ3) is 2.12. The van der Waals surface area contributed by atoms with Crippen molar-refractivity contribution in [2.24, 2.45) is 7.05 Å². The fourth-order valence-corrected chi connectivity index (χ4v) is 2.83. The predicted octanol–water partition coefficient (Wildman–Crippen LogP) is 3.19. The monoisotopic (exact) mass is 313 g/mol. The molecule has 3 rings (SSSR count). The van der Waals surface area contributed by atoms with Gasteiger partial charge in [-0.25, -0.2) is 9.78 Å². The second kappa shape index (κ2) is 5.38. The molecule has 0 amide bonds. The van der Waals surface area contributed by atoms with E-state index in [2.05, 4.69) is 4.98 Å². The van der Waals surface area contributed by atoms with E-state index in [1.807, 2.05) is 48.9 Å². The summed E-state index contributed by atoms with van der Waals surface area (Å²) in [7, 11) is 3.19. The standard InChI is InChI=1S/C16H15N3O2S/c1-10-9-12(15(20)21-3)13-14(17-10)19(16(22)18(13)2)11-7-5-4-6-8-11/h4-9H,1-3H3. The lowest BCUT2D eigenvalue weighted by Crippen LogP contribution is -2.06. The number of hydrogen-bond acceptors (Lipinski definition) is 4. The van der Waals surface area contributed by atoms with Crippen LogP contribution in [0, 0.1) is 11.7 Å². The summed E-state index contributed by atoms with van der Waals surface area (Å²) in [6.45, 7) is 1.84. The zero-order valence-corrected chi connectivity index (χ0v) is 13.3. The Morgan fingerprint density at radius 1 is 1.27 bits per heavy atom. The van der Waals surface area contributed by atoms with E-state index >= 15 is 0 Å². The summed E-state index contributed by atoms with van der Waals surface area (Å²) in [5, 5.41) is 0. The summed E-state index contributed by atoms with van der Waals surface area (Å²) >= 11 is 5.54. The van der Waals surface area contributed by atoms with Crippen LogP contribution in [0.4, 0.5) is 0 Å². The zero-order chi connectivity index (χ0) is 15.9. The molecule has 0 aliphatic carbocycles. The van der Waals surface area contributed by atoms with Gasteiger partial charge in [-0.3, -0.25) is 4.57 Å². The first-order valence-electron chi connectivity index (χ1n) is 6.77. The van der Waals surface area contributed by atoms with Crippen molar-refractivity contribution >= 4 is 29.4 Å². The highest BCUT2D eigenvalue weighted by Gasteiger charge is 2.20. The quantitative estimate of drug-likeness (QED) is 0.538. The second-order valence-corrected chi connectivity index (χ2v) is 5.35. The van der Waals surface area contributed by atoms with Crippen LogP contribution in [0.15, 0.2) is 36.4 Å². The van der Waals surface area contributed by atoms with Crippen molar-refractivity contribution in [2.45, 2.75) is 6.92 Å². The molecule has 0 saturated carbocycles. The summed E-state index contributed by atoms with van der Waals surface area (Å²) in [6, 6.07) is 11.4. The maximum atomic E-state index is 12.1. The summed E-state index contributed by atoms with van der Waals surface area (Å²) in [4.78, 5) is 16.7. The summed E-state index contributed by atoms with van der Waals surface area (Å²) < 4.78 is 9.11. The number of aromatic nitrogens is 3. The van der Waals surface area contributed by atoms with Gasteiger partial charge in [-0.2, -0.15) is 0 Å². The number of pyridine rings is 1. The molecule has 0 unspecified atom stereocenters. The molecule has 22 heavy (non-hydrogen) atoms. The molecule has 2 aromatic heterocycles. The fraction of sp³-hybridized carbons (Fsp3) is 0.188. The number of aryl methyl sites for hydroxylation is 2. The van der Waals surface area contributed by atoms with Gasteiger partial charge in [-0.1, -0.05) is 18.2 Å². The van der Waals surface area contributed by atoms with Crippen molar-refractivity contribution in [2.75, 3.05) is 7.11 Å². The maximum absolute atomic E-state index is 12.1. The van der Waals surface area contributed by atoms with E-state index in [4.69, 9.17) is 17.0 Å². The third-order valence-corrected chi connectivity index (χ3v) is 4.00. The van der Waals surface area contributed by atoms with Crippen LogP contribution in [-0.2, 0) is 11.8 Å². The van der Waals surface area contributed by atoms with E-state index in [9.17, 15) is 4.79 Å². The first kappa shape index (κ1) is 14.5. The number of esters is 1. The number of hydrogen-bond donors (Lipinski definition) is 0. The van der Waals surface area contributed by atoms with Crippen molar-refractivity contribution < 1.29 is 9.53 Å². The van der Waals surface area contributed by atoms with Crippen LogP contribution < -0.4 is 0 Å². The molecule has 0 bridgehead atoms. The minimum atomic E-state index is -0.397. The first-order valence-corrected chi connectivity index (χ1v) is 7.18. The molecule has 0 radical (unpaired) electrons. The maximum Gasteiger partial charge on any atom is 0.340 e. The minimum Gasteiger partial charge on any atom is -0.465 e. The van der Waals surface area contributed by atoms with Crippen LogP contribution in [0.25, 0.3) is 16.9 Å². The van der Waals surface area contributed by atoms with E-state index in [0.717, 1.165) is 11.4 Å². The average Bonchev–Trinajstić information content (AvgIpc) is 2.78. The van der Waals surface area contributed by atoms with E-state index in [1.54, 1.807) is 10.6 Å². The average molecular weight is 313 g/mol. The van der Waals surface area contributed by atoms with E-state index in [-0.39, 0.29) is 0 Å². The number of rotatable bonds is 2. The Kier molecular flexibility index (Phi) is 3.54. The summed E-state index contributed by atoms with van der Waals surface area (Å²) in [6.07, 6.45) is 0. The third-order valence-electron chi connectivity index (χ3n) is 3.55. The van der Waals surface area contributed by atoms with Gasteiger partial charge in [0.05, 0.1) is 12.7 Å². The molecule has 0 N–H and O–H groups in total. The van der Waals surface area contributed by atoms with Crippen LogP contribution in [0.2, 0.25) is 0 Å². The number of benzene rings is 1. The molecule has 0 aliphatic heterocycles. The van der Waals surface area contributed by atoms with Gasteiger partial charge in [0.15, 0.2) is 10.4 Å². The molecule has 1 aromatic carbocycles. The molecule has 0 fully saturated rings. The Bertz CT molecular complexity index is 926. The van der Waals surface area contributed by atoms with Crippen LogP contribution in [0.3, 0.4) is 0 Å². The number of para-hydroxylation sites is 1. The molecule has 6 heteroatoms. The molecular weight excluding hydrogens is 298 g/mol. The molecular formula is C16H15N3O2S. The lowest BCUT2D eigenvalue weighted by Gasteiger charge is -2.06. The summed E-state index contributed by atoms with van der Waals surface area (Å²) in [5.41, 5.74) is 3.43. The van der Waals surface area contributed by atoms with Gasteiger partial charge in [0.2, 0.25) is 0 Å². The van der Waals surface area contributed by atoms with Crippen LogP contribution in [0.5, 0.6) is 0 Å². The van der Waals surface area contributed by atoms with Gasteiger partial charge >= 0.3 is 5.97 Å². The number of ether oxygens (including phenoxy) is 1. The van der Waals surface area contributed by atoms with Crippen molar-refractivity contribution in [1.29, 1.82) is 0 Å². The lowest BCUT2D eigenvalue weighted by atomic mass is 10.2. The molecule has 0 saturated heterocycles. The second-order valence-electron chi connectivity index (χ2n) is 4.99. The Balaban J connectivity index is 2.47. The minimum absolute atomic E-state index is 0.397. The Hall–Kier alpha value is -2.47. The zero-order valence-electron chi connectivity index (χ0n) is 12.5. The smallest absolute Gasteiger partial charge is 0.340 e. The van der Waals surface area contributed by atoms with Gasteiger partial charge in [0.1, 0.15) is 5.52 Å². The van der Waals surface area contributed by atoms with E-state index in [0.29, 0.717) is 21.5 Å². The Labute approximate surface area is 132 Å². The van der Waals surface area contributed by atoms with Crippen molar-refractivity contribution in [3.05, 3.63) is 52.4 Å². The van der Waals surface area contributed by atoms with E-state index in [1.165, 1.54) is 7.11 Å². The first-order chi connectivity index (χ1) is 10.5. The van der Waals surface area contributed by atoms with Gasteiger partial charge in [0, 0.05) is 18.4 Å². The topological polar surface area (TPSA) is 49.0 Å². The number of carbonyl (C=O) groups is 1. The molecule has 5 nitrogen and oxygen atoms in total. The van der Waals surface area contributed by atoms with Crippen LogP contribution >= 0.6 is 12.2 Å². The number of nitrogens with zero attached hydrogens (tertiary/aromatic N) is 3. The van der Waals surface area contributed by atoms with Crippen molar-refractivity contribution in [3.8, 4) is 5.69 Å². The van der Waals surface area contributed by atoms with Gasteiger partial charge in [-0.05, 0) is 37.3 Å². The molecule has 0 atom stereocenters. The molecule has 3 aromatic rings. The molecule has 2 heterocycles. The summed E-state index contributed by atoms with van der Waals surface area (Å²) in [5.74, 6) is -0.397. The number of methoxy groups -OCH3 is 1. The molecule has 0 aliphatic rings. The van der Waals surface area contributed by atoms with E-state index < -0.39 is 5.97 Å². The lowest BCUT2D eigenvalue weighted by molar-refractivity contribution is 0.0602. The van der Waals surface area contributed by atoms with Gasteiger partial charge in [0.25, 0.3) is 0 Å². The van der Waals surface area contributed by atoms with Crippen LogP contribution in [-0.4, -0.2) is 27.2 Å². The van der Waals surface area contributed by atoms with Crippen LogP contribution in [0.1, 0.15) is 16.1 Å². The number of carbonyl (C=O) groups excluding carboxylic acids is 1.